The van der Waals surface area contributed by atoms with Crippen LogP contribution in [0.5, 0.6) is 11.5 Å². The van der Waals surface area contributed by atoms with Gasteiger partial charge in [-0.1, -0.05) is 34.6 Å². The first-order chi connectivity index (χ1) is 9.35. The summed E-state index contributed by atoms with van der Waals surface area (Å²) in [6, 6.07) is 5.47. The maximum Gasteiger partial charge on any atom is 0.231 e. The molecule has 0 aliphatic carbocycles. The first kappa shape index (κ1) is 14.7. The van der Waals surface area contributed by atoms with Crippen molar-refractivity contribution in [3.8, 4) is 11.5 Å². The molecular weight excluding hydrogens is 254 g/mol. The van der Waals surface area contributed by atoms with Gasteiger partial charge < -0.3 is 14.8 Å². The second kappa shape index (κ2) is 5.35. The Labute approximate surface area is 120 Å². The molecule has 1 heterocycles. The summed E-state index contributed by atoms with van der Waals surface area (Å²) >= 11 is 0. The first-order valence-electron chi connectivity index (χ1n) is 7.06. The fraction of sp³-hybridized carbons (Fsp3) is 0.562. The minimum absolute atomic E-state index is 0.0429. The Kier molecular flexibility index (Phi) is 3.93. The number of anilines is 1. The van der Waals surface area contributed by atoms with Crippen LogP contribution >= 0.6 is 0 Å². The van der Waals surface area contributed by atoms with Crippen LogP contribution in [0.15, 0.2) is 18.2 Å². The van der Waals surface area contributed by atoms with E-state index in [0.717, 1.165) is 11.4 Å². The van der Waals surface area contributed by atoms with Crippen LogP contribution in [0.1, 0.15) is 34.6 Å². The molecule has 4 heteroatoms. The van der Waals surface area contributed by atoms with Crippen molar-refractivity contribution in [2.75, 3.05) is 12.1 Å². The largest absolute Gasteiger partial charge is 0.454 e. The van der Waals surface area contributed by atoms with Crippen LogP contribution in [0, 0.1) is 17.3 Å². The topological polar surface area (TPSA) is 47.6 Å². The van der Waals surface area contributed by atoms with Crippen molar-refractivity contribution < 1.29 is 14.3 Å². The SMILES string of the molecule is CC(C)C(C)(C(=O)Nc1ccc2c(c1)OCO2)C(C)C. The zero-order valence-electron chi connectivity index (χ0n) is 12.8. The summed E-state index contributed by atoms with van der Waals surface area (Å²) in [5.41, 5.74) is 0.336. The third-order valence-electron chi connectivity index (χ3n) is 4.52. The molecule has 0 aromatic heterocycles. The number of ether oxygens (including phenoxy) is 2. The van der Waals surface area contributed by atoms with E-state index < -0.39 is 5.41 Å². The minimum Gasteiger partial charge on any atom is -0.454 e. The summed E-state index contributed by atoms with van der Waals surface area (Å²) in [5.74, 6) is 1.96. The molecule has 110 valence electrons. The highest BCUT2D eigenvalue weighted by Gasteiger charge is 2.39. The number of amides is 1. The van der Waals surface area contributed by atoms with E-state index in [1.54, 1.807) is 6.07 Å². The second-order valence-corrected chi connectivity index (χ2v) is 6.11. The zero-order chi connectivity index (χ0) is 14.9. The number of fused-ring (bicyclic) bond motifs is 1. The van der Waals surface area contributed by atoms with Crippen molar-refractivity contribution in [3.63, 3.8) is 0 Å². The molecule has 1 N–H and O–H groups in total. The molecule has 0 unspecified atom stereocenters. The Morgan fingerprint density at radius 1 is 1.15 bits per heavy atom. The van der Waals surface area contributed by atoms with Gasteiger partial charge in [0.1, 0.15) is 0 Å². The highest BCUT2D eigenvalue weighted by atomic mass is 16.7. The first-order valence-corrected chi connectivity index (χ1v) is 7.06. The highest BCUT2D eigenvalue weighted by molar-refractivity contribution is 5.95. The molecule has 1 aromatic rings. The van der Waals surface area contributed by atoms with Crippen LogP contribution in [0.25, 0.3) is 0 Å². The lowest BCUT2D eigenvalue weighted by Crippen LogP contribution is -2.42. The lowest BCUT2D eigenvalue weighted by molar-refractivity contribution is -0.129. The van der Waals surface area contributed by atoms with Gasteiger partial charge in [-0.05, 0) is 24.0 Å². The van der Waals surface area contributed by atoms with E-state index in [4.69, 9.17) is 9.47 Å². The Balaban J connectivity index is 2.19. The van der Waals surface area contributed by atoms with E-state index >= 15 is 0 Å². The molecule has 0 bridgehead atoms. The van der Waals surface area contributed by atoms with E-state index in [-0.39, 0.29) is 24.5 Å². The van der Waals surface area contributed by atoms with Gasteiger partial charge in [0.05, 0.1) is 5.41 Å². The van der Waals surface area contributed by atoms with Crippen LogP contribution in [-0.4, -0.2) is 12.7 Å². The molecule has 1 aliphatic heterocycles. The lowest BCUT2D eigenvalue weighted by atomic mass is 9.70. The second-order valence-electron chi connectivity index (χ2n) is 6.11. The van der Waals surface area contributed by atoms with Crippen molar-refractivity contribution in [1.82, 2.24) is 0 Å². The van der Waals surface area contributed by atoms with Crippen LogP contribution in [0.4, 0.5) is 5.69 Å². The maximum absolute atomic E-state index is 12.6. The van der Waals surface area contributed by atoms with E-state index in [1.165, 1.54) is 0 Å². The van der Waals surface area contributed by atoms with Crippen molar-refractivity contribution >= 4 is 11.6 Å². The predicted molar refractivity (Wildman–Crippen MR) is 79.0 cm³/mol. The van der Waals surface area contributed by atoms with Crippen molar-refractivity contribution in [3.05, 3.63) is 18.2 Å². The fourth-order valence-electron chi connectivity index (χ4n) is 2.43. The van der Waals surface area contributed by atoms with Crippen LogP contribution < -0.4 is 14.8 Å². The summed E-state index contributed by atoms with van der Waals surface area (Å²) in [6.07, 6.45) is 0. The molecule has 0 spiro atoms. The number of carbonyl (C=O) groups excluding carboxylic acids is 1. The van der Waals surface area contributed by atoms with E-state index in [9.17, 15) is 4.79 Å². The lowest BCUT2D eigenvalue weighted by Gasteiger charge is -2.36. The summed E-state index contributed by atoms with van der Waals surface area (Å²) in [6.45, 7) is 10.6. The molecule has 0 saturated carbocycles. The van der Waals surface area contributed by atoms with Crippen LogP contribution in [0.2, 0.25) is 0 Å². The minimum atomic E-state index is -0.406. The van der Waals surface area contributed by atoms with Gasteiger partial charge in [-0.25, -0.2) is 0 Å². The third-order valence-corrected chi connectivity index (χ3v) is 4.52. The van der Waals surface area contributed by atoms with Gasteiger partial charge in [0, 0.05) is 11.8 Å². The van der Waals surface area contributed by atoms with Crippen LogP contribution in [0.3, 0.4) is 0 Å². The average Bonchev–Trinajstić information content (AvgIpc) is 2.84. The summed E-state index contributed by atoms with van der Waals surface area (Å²) in [5, 5.41) is 3.00. The van der Waals surface area contributed by atoms with Gasteiger partial charge in [-0.3, -0.25) is 4.79 Å². The maximum atomic E-state index is 12.6. The molecule has 0 fully saturated rings. The number of hydrogen-bond donors (Lipinski definition) is 1. The van der Waals surface area contributed by atoms with Crippen molar-refractivity contribution in [2.24, 2.45) is 17.3 Å². The van der Waals surface area contributed by atoms with Crippen molar-refractivity contribution in [2.45, 2.75) is 34.6 Å². The molecule has 0 radical (unpaired) electrons. The Morgan fingerprint density at radius 3 is 2.35 bits per heavy atom. The van der Waals surface area contributed by atoms with Crippen LogP contribution in [-0.2, 0) is 4.79 Å². The molecule has 0 saturated heterocycles. The van der Waals surface area contributed by atoms with Gasteiger partial charge in [-0.15, -0.1) is 0 Å². The van der Waals surface area contributed by atoms with Gasteiger partial charge in [0.25, 0.3) is 0 Å². The molecule has 1 amide bonds. The van der Waals surface area contributed by atoms with E-state index in [1.807, 2.05) is 19.1 Å². The third kappa shape index (κ3) is 2.47. The average molecular weight is 277 g/mol. The highest BCUT2D eigenvalue weighted by Crippen LogP contribution is 2.38. The van der Waals surface area contributed by atoms with Gasteiger partial charge in [0.15, 0.2) is 11.5 Å². The predicted octanol–water partition coefficient (Wildman–Crippen LogP) is 3.67. The van der Waals surface area contributed by atoms with E-state index in [2.05, 4.69) is 33.0 Å². The fourth-order valence-corrected chi connectivity index (χ4v) is 2.43. The quantitative estimate of drug-likeness (QED) is 0.913. The molecular formula is C16H23NO3. The van der Waals surface area contributed by atoms with Gasteiger partial charge in [0.2, 0.25) is 12.7 Å². The smallest absolute Gasteiger partial charge is 0.231 e. The monoisotopic (exact) mass is 277 g/mol. The number of carbonyl (C=O) groups is 1. The molecule has 2 rings (SSSR count). The van der Waals surface area contributed by atoms with Gasteiger partial charge >= 0.3 is 0 Å². The molecule has 4 nitrogen and oxygen atoms in total. The Bertz CT molecular complexity index is 500. The molecule has 1 aromatic carbocycles. The molecule has 20 heavy (non-hydrogen) atoms. The van der Waals surface area contributed by atoms with E-state index in [0.29, 0.717) is 5.75 Å². The molecule has 0 atom stereocenters. The van der Waals surface area contributed by atoms with Crippen molar-refractivity contribution in [1.29, 1.82) is 0 Å². The number of benzene rings is 1. The summed E-state index contributed by atoms with van der Waals surface area (Å²) in [7, 11) is 0. The summed E-state index contributed by atoms with van der Waals surface area (Å²) < 4.78 is 10.6. The summed E-state index contributed by atoms with van der Waals surface area (Å²) in [4.78, 5) is 12.6. The number of hydrogen-bond acceptors (Lipinski definition) is 3. The number of rotatable bonds is 4. The van der Waals surface area contributed by atoms with Gasteiger partial charge in [-0.2, -0.15) is 0 Å². The number of nitrogens with one attached hydrogen (secondary N) is 1. The normalized spacial score (nSPS) is 13.9. The Hall–Kier alpha value is -1.71. The standard InChI is InChI=1S/C16H23NO3/c1-10(2)16(5,11(3)4)15(18)17-12-6-7-13-14(8-12)20-9-19-13/h6-8,10-11H,9H2,1-5H3,(H,17,18). The Morgan fingerprint density at radius 2 is 1.75 bits per heavy atom. The zero-order valence-corrected chi connectivity index (χ0v) is 12.8. The molecule has 1 aliphatic rings.